The second-order valence-electron chi connectivity index (χ2n) is 6.40. The van der Waals surface area contributed by atoms with E-state index < -0.39 is 0 Å². The van der Waals surface area contributed by atoms with Crippen LogP contribution in [0.15, 0.2) is 46.9 Å². The number of ether oxygens (including phenoxy) is 1. The van der Waals surface area contributed by atoms with E-state index in [1.54, 1.807) is 19.2 Å². The van der Waals surface area contributed by atoms with Gasteiger partial charge in [0.2, 0.25) is 0 Å². The van der Waals surface area contributed by atoms with Gasteiger partial charge in [0.05, 0.1) is 18.7 Å². The van der Waals surface area contributed by atoms with Crippen LogP contribution in [-0.2, 0) is 0 Å². The minimum absolute atomic E-state index is 0.0205. The zero-order valence-corrected chi connectivity index (χ0v) is 16.3. The van der Waals surface area contributed by atoms with Gasteiger partial charge in [-0.1, -0.05) is 28.1 Å². The lowest BCUT2D eigenvalue weighted by atomic mass is 10.0. The molecule has 0 bridgehead atoms. The summed E-state index contributed by atoms with van der Waals surface area (Å²) in [5.41, 5.74) is 1.42. The minimum Gasteiger partial charge on any atom is -0.507 e. The first-order valence-electron chi connectivity index (χ1n) is 8.73. The van der Waals surface area contributed by atoms with E-state index in [0.717, 1.165) is 28.9 Å². The number of carbonyl (C=O) groups excluding carboxylic acids is 1. The molecule has 1 unspecified atom stereocenters. The predicted octanol–water partition coefficient (Wildman–Crippen LogP) is 3.73. The topological polar surface area (TPSA) is 61.8 Å². The number of phenols is 1. The largest absolute Gasteiger partial charge is 0.507 e. The van der Waals surface area contributed by atoms with Crippen LogP contribution < -0.4 is 10.1 Å². The van der Waals surface area contributed by atoms with Crippen molar-refractivity contribution in [2.75, 3.05) is 26.7 Å². The summed E-state index contributed by atoms with van der Waals surface area (Å²) in [6.45, 7) is 2.53. The smallest absolute Gasteiger partial charge is 0.255 e. The van der Waals surface area contributed by atoms with Crippen LogP contribution in [0.1, 0.15) is 34.8 Å². The molecule has 1 atom stereocenters. The number of nitrogens with zero attached hydrogens (tertiary/aromatic N) is 1. The molecular formula is C20H23BrN2O3. The summed E-state index contributed by atoms with van der Waals surface area (Å²) in [5.74, 6) is 0.520. The molecule has 6 heteroatoms. The Kier molecular flexibility index (Phi) is 6.16. The molecule has 0 aliphatic carbocycles. The van der Waals surface area contributed by atoms with E-state index in [1.165, 1.54) is 18.9 Å². The first-order valence-corrected chi connectivity index (χ1v) is 9.52. The van der Waals surface area contributed by atoms with Crippen molar-refractivity contribution < 1.29 is 14.6 Å². The van der Waals surface area contributed by atoms with E-state index in [-0.39, 0.29) is 23.3 Å². The fourth-order valence-corrected chi connectivity index (χ4v) is 3.67. The van der Waals surface area contributed by atoms with Crippen molar-refractivity contribution in [3.63, 3.8) is 0 Å². The third-order valence-electron chi connectivity index (χ3n) is 4.74. The van der Waals surface area contributed by atoms with E-state index in [1.807, 2.05) is 24.3 Å². The van der Waals surface area contributed by atoms with Crippen molar-refractivity contribution in [1.82, 2.24) is 10.2 Å². The van der Waals surface area contributed by atoms with E-state index in [4.69, 9.17) is 4.74 Å². The SMILES string of the molecule is COc1ccc(C(CNC(=O)c2cc(Br)ccc2O)N2CCCC2)cc1. The van der Waals surface area contributed by atoms with Crippen LogP contribution in [0.3, 0.4) is 0 Å². The summed E-state index contributed by atoms with van der Waals surface area (Å²) >= 11 is 3.34. The lowest BCUT2D eigenvalue weighted by molar-refractivity contribution is 0.0935. The average Bonchev–Trinajstić information content (AvgIpc) is 3.18. The number of benzene rings is 2. The predicted molar refractivity (Wildman–Crippen MR) is 105 cm³/mol. The highest BCUT2D eigenvalue weighted by molar-refractivity contribution is 9.10. The molecule has 5 nitrogen and oxygen atoms in total. The maximum absolute atomic E-state index is 12.5. The number of nitrogens with one attached hydrogen (secondary N) is 1. The molecule has 2 aromatic rings. The van der Waals surface area contributed by atoms with E-state index >= 15 is 0 Å². The zero-order chi connectivity index (χ0) is 18.5. The first-order chi connectivity index (χ1) is 12.6. The lowest BCUT2D eigenvalue weighted by Gasteiger charge is -2.28. The van der Waals surface area contributed by atoms with Crippen LogP contribution in [0.25, 0.3) is 0 Å². The van der Waals surface area contributed by atoms with Crippen LogP contribution in [0, 0.1) is 0 Å². The van der Waals surface area contributed by atoms with Crippen molar-refractivity contribution in [2.45, 2.75) is 18.9 Å². The maximum atomic E-state index is 12.5. The highest BCUT2D eigenvalue weighted by atomic mass is 79.9. The molecule has 2 aromatic carbocycles. The number of phenolic OH excluding ortho intramolecular Hbond substituents is 1. The second kappa shape index (κ2) is 8.56. The average molecular weight is 419 g/mol. The normalized spacial score (nSPS) is 15.6. The molecule has 0 aromatic heterocycles. The quantitative estimate of drug-likeness (QED) is 0.749. The summed E-state index contributed by atoms with van der Waals surface area (Å²) in [7, 11) is 1.65. The fraction of sp³-hybridized carbons (Fsp3) is 0.350. The molecule has 2 N–H and O–H groups in total. The molecule has 1 amide bonds. The highest BCUT2D eigenvalue weighted by Gasteiger charge is 2.24. The zero-order valence-electron chi connectivity index (χ0n) is 14.7. The standard InChI is InChI=1S/C20H23BrN2O3/c1-26-16-7-4-14(5-8-16)18(23-10-2-3-11-23)13-22-20(25)17-12-15(21)6-9-19(17)24/h4-9,12,18,24H,2-3,10-11,13H2,1H3,(H,22,25). The van der Waals surface area contributed by atoms with Gasteiger partial charge < -0.3 is 15.2 Å². The molecule has 3 rings (SSSR count). The molecule has 1 saturated heterocycles. The van der Waals surface area contributed by atoms with Crippen molar-refractivity contribution in [3.05, 3.63) is 58.1 Å². The van der Waals surface area contributed by atoms with Crippen LogP contribution in [-0.4, -0.2) is 42.7 Å². The van der Waals surface area contributed by atoms with Gasteiger partial charge >= 0.3 is 0 Å². The third kappa shape index (κ3) is 4.37. The van der Waals surface area contributed by atoms with Crippen molar-refractivity contribution in [2.24, 2.45) is 0 Å². The van der Waals surface area contributed by atoms with E-state index in [0.29, 0.717) is 6.54 Å². The Bertz CT molecular complexity index is 758. The molecule has 0 spiro atoms. The van der Waals surface area contributed by atoms with Gasteiger partial charge in [0.25, 0.3) is 5.91 Å². The van der Waals surface area contributed by atoms with Gasteiger partial charge in [-0.25, -0.2) is 0 Å². The fourth-order valence-electron chi connectivity index (χ4n) is 3.31. The molecule has 1 aliphatic rings. The molecule has 1 fully saturated rings. The van der Waals surface area contributed by atoms with E-state index in [9.17, 15) is 9.90 Å². The molecular weight excluding hydrogens is 396 g/mol. The highest BCUT2D eigenvalue weighted by Crippen LogP contribution is 2.27. The summed E-state index contributed by atoms with van der Waals surface area (Å²) in [6.07, 6.45) is 2.35. The van der Waals surface area contributed by atoms with Gasteiger partial charge in [-0.15, -0.1) is 0 Å². The lowest BCUT2D eigenvalue weighted by Crippen LogP contribution is -2.36. The number of hydrogen-bond acceptors (Lipinski definition) is 4. The Labute approximate surface area is 162 Å². The molecule has 1 aliphatic heterocycles. The first kappa shape index (κ1) is 18.7. The van der Waals surface area contributed by atoms with Crippen LogP contribution in [0.2, 0.25) is 0 Å². The number of likely N-dealkylation sites (tertiary alicyclic amines) is 1. The van der Waals surface area contributed by atoms with Gasteiger partial charge in [-0.05, 0) is 61.8 Å². The number of rotatable bonds is 6. The third-order valence-corrected chi connectivity index (χ3v) is 5.23. The number of aromatic hydroxyl groups is 1. The van der Waals surface area contributed by atoms with Crippen molar-refractivity contribution in [3.8, 4) is 11.5 Å². The van der Waals surface area contributed by atoms with Crippen LogP contribution in [0.5, 0.6) is 11.5 Å². The van der Waals surface area contributed by atoms with Crippen LogP contribution in [0.4, 0.5) is 0 Å². The molecule has 26 heavy (non-hydrogen) atoms. The van der Waals surface area contributed by atoms with Gasteiger partial charge in [-0.2, -0.15) is 0 Å². The molecule has 1 heterocycles. The number of hydrogen-bond donors (Lipinski definition) is 2. The Balaban J connectivity index is 1.75. The van der Waals surface area contributed by atoms with Crippen molar-refractivity contribution >= 4 is 21.8 Å². The summed E-state index contributed by atoms with van der Waals surface area (Å²) in [6, 6.07) is 12.9. The molecule has 0 saturated carbocycles. The Morgan fingerprint density at radius 2 is 1.92 bits per heavy atom. The summed E-state index contributed by atoms with van der Waals surface area (Å²) < 4.78 is 6.00. The summed E-state index contributed by atoms with van der Waals surface area (Å²) in [4.78, 5) is 14.9. The van der Waals surface area contributed by atoms with Gasteiger partial charge in [0.15, 0.2) is 0 Å². The number of carbonyl (C=O) groups is 1. The number of halogens is 1. The molecule has 138 valence electrons. The number of methoxy groups -OCH3 is 1. The van der Waals surface area contributed by atoms with Crippen LogP contribution >= 0.6 is 15.9 Å². The number of amides is 1. The Morgan fingerprint density at radius 1 is 1.23 bits per heavy atom. The maximum Gasteiger partial charge on any atom is 0.255 e. The molecule has 0 radical (unpaired) electrons. The van der Waals surface area contributed by atoms with Gasteiger partial charge in [0.1, 0.15) is 11.5 Å². The Morgan fingerprint density at radius 3 is 2.58 bits per heavy atom. The summed E-state index contributed by atoms with van der Waals surface area (Å²) in [5, 5.41) is 12.9. The second-order valence-corrected chi connectivity index (χ2v) is 7.32. The monoisotopic (exact) mass is 418 g/mol. The Hall–Kier alpha value is -2.05. The van der Waals surface area contributed by atoms with Gasteiger partial charge in [0, 0.05) is 11.0 Å². The van der Waals surface area contributed by atoms with E-state index in [2.05, 4.69) is 26.1 Å². The van der Waals surface area contributed by atoms with Crippen molar-refractivity contribution in [1.29, 1.82) is 0 Å². The minimum atomic E-state index is -0.276. The van der Waals surface area contributed by atoms with Gasteiger partial charge in [-0.3, -0.25) is 9.69 Å².